The number of carbonyl (C=O) groups is 1. The minimum absolute atomic E-state index is 0.143. The maximum atomic E-state index is 10.7. The van der Waals surface area contributed by atoms with Gasteiger partial charge in [-0.05, 0) is 13.8 Å². The van der Waals surface area contributed by atoms with Crippen LogP contribution in [0.25, 0.3) is 0 Å². The van der Waals surface area contributed by atoms with Crippen molar-refractivity contribution in [1.29, 1.82) is 0 Å². The lowest BCUT2D eigenvalue weighted by molar-refractivity contribution is -0.123. The zero-order chi connectivity index (χ0) is 8.91. The Kier molecular flexibility index (Phi) is 4.07. The quantitative estimate of drug-likeness (QED) is 0.490. The Morgan fingerprint density at radius 3 is 2.27 bits per heavy atom. The van der Waals surface area contributed by atoms with E-state index < -0.39 is 11.4 Å². The molecule has 64 valence electrons. The molecule has 0 heterocycles. The lowest BCUT2D eigenvalue weighted by Gasteiger charge is -2.25. The molecule has 0 aliphatic heterocycles. The highest BCUT2D eigenvalue weighted by atomic mass is 16.3. The smallest absolute Gasteiger partial charge is 0.220 e. The van der Waals surface area contributed by atoms with Crippen LogP contribution >= 0.6 is 0 Å². The normalized spacial score (nSPS) is 11.3. The Labute approximate surface area is 66.2 Å². The average molecular weight is 159 g/mol. The van der Waals surface area contributed by atoms with Crippen molar-refractivity contribution in [3.8, 4) is 0 Å². The van der Waals surface area contributed by atoms with Crippen molar-refractivity contribution in [2.24, 2.45) is 0 Å². The topological polar surface area (TPSA) is 69.6 Å². The predicted octanol–water partition coefficient (Wildman–Crippen LogP) is -1.05. The van der Waals surface area contributed by atoms with Crippen LogP contribution in [0.3, 0.4) is 0 Å². The van der Waals surface area contributed by atoms with Gasteiger partial charge in [-0.25, -0.2) is 0 Å². The first-order valence-electron chi connectivity index (χ1n) is 3.31. The zero-order valence-corrected chi connectivity index (χ0v) is 6.50. The number of rotatable bonds is 4. The first kappa shape index (κ1) is 10.4. The molecule has 0 fully saturated rings. The number of aliphatic hydroxyl groups excluding tert-OH is 2. The highest BCUT2D eigenvalue weighted by Crippen LogP contribution is 2.00. The molecule has 0 atom stereocenters. The van der Waals surface area contributed by atoms with Crippen molar-refractivity contribution < 1.29 is 15.0 Å². The molecule has 2 radical (unpaired) electrons. The van der Waals surface area contributed by atoms with E-state index in [0.717, 1.165) is 0 Å². The van der Waals surface area contributed by atoms with Gasteiger partial charge in [-0.1, -0.05) is 0 Å². The molecular weight excluding hydrogens is 146 g/mol. The second-order valence-electron chi connectivity index (χ2n) is 2.63. The van der Waals surface area contributed by atoms with Gasteiger partial charge in [0.25, 0.3) is 0 Å². The van der Waals surface area contributed by atoms with Gasteiger partial charge in [-0.2, -0.15) is 0 Å². The van der Waals surface area contributed by atoms with E-state index in [1.54, 1.807) is 0 Å². The van der Waals surface area contributed by atoms with Gasteiger partial charge in [0.2, 0.25) is 5.91 Å². The van der Waals surface area contributed by atoms with Crippen molar-refractivity contribution in [2.45, 2.75) is 18.9 Å². The highest BCUT2D eigenvalue weighted by Gasteiger charge is 2.23. The SMILES string of the molecule is [CH]CC(=O)NC(C)(CO)CO. The molecule has 0 bridgehead atoms. The number of hydrogen-bond acceptors (Lipinski definition) is 3. The summed E-state index contributed by atoms with van der Waals surface area (Å²) in [4.78, 5) is 10.7. The molecule has 0 aliphatic carbocycles. The number of carbonyl (C=O) groups excluding carboxylic acids is 1. The number of hydrogen-bond donors (Lipinski definition) is 3. The first-order valence-corrected chi connectivity index (χ1v) is 3.31. The molecule has 0 aromatic heterocycles. The monoisotopic (exact) mass is 159 g/mol. The molecule has 1 amide bonds. The van der Waals surface area contributed by atoms with Gasteiger partial charge >= 0.3 is 0 Å². The van der Waals surface area contributed by atoms with E-state index in [1.165, 1.54) is 6.92 Å². The van der Waals surface area contributed by atoms with Crippen molar-refractivity contribution in [1.82, 2.24) is 5.32 Å². The number of amides is 1. The van der Waals surface area contributed by atoms with Crippen LogP contribution in [-0.4, -0.2) is 34.9 Å². The second kappa shape index (κ2) is 4.31. The summed E-state index contributed by atoms with van der Waals surface area (Å²) in [6.45, 7) is 5.92. The molecule has 0 saturated carbocycles. The summed E-state index contributed by atoms with van der Waals surface area (Å²) in [5.74, 6) is -0.393. The van der Waals surface area contributed by atoms with E-state index in [1.807, 2.05) is 0 Å². The molecular formula is C7H13NO3. The van der Waals surface area contributed by atoms with Crippen LogP contribution in [-0.2, 0) is 4.79 Å². The summed E-state index contributed by atoms with van der Waals surface area (Å²) in [5.41, 5.74) is -0.962. The maximum absolute atomic E-state index is 10.7. The van der Waals surface area contributed by atoms with Gasteiger partial charge in [0.05, 0.1) is 18.8 Å². The molecule has 11 heavy (non-hydrogen) atoms. The highest BCUT2D eigenvalue weighted by molar-refractivity contribution is 5.77. The Morgan fingerprint density at radius 2 is 2.00 bits per heavy atom. The van der Waals surface area contributed by atoms with Crippen LogP contribution in [0.4, 0.5) is 0 Å². The summed E-state index contributed by atoms with van der Waals surface area (Å²) < 4.78 is 0. The minimum atomic E-state index is -0.962. The Balaban J connectivity index is 3.96. The van der Waals surface area contributed by atoms with Gasteiger partial charge in [-0.3, -0.25) is 4.79 Å². The summed E-state index contributed by atoms with van der Waals surface area (Å²) in [6.07, 6.45) is -0.143. The molecule has 0 unspecified atom stereocenters. The van der Waals surface area contributed by atoms with Crippen molar-refractivity contribution in [3.05, 3.63) is 6.92 Å². The fourth-order valence-electron chi connectivity index (χ4n) is 0.517. The number of nitrogens with one attached hydrogen (secondary N) is 1. The zero-order valence-electron chi connectivity index (χ0n) is 6.50. The molecule has 4 nitrogen and oxygen atoms in total. The Hall–Kier alpha value is -0.610. The van der Waals surface area contributed by atoms with Gasteiger partial charge in [0, 0.05) is 6.42 Å². The van der Waals surface area contributed by atoms with Crippen LogP contribution < -0.4 is 5.32 Å². The van der Waals surface area contributed by atoms with Crippen molar-refractivity contribution in [3.63, 3.8) is 0 Å². The van der Waals surface area contributed by atoms with Gasteiger partial charge < -0.3 is 15.5 Å². The molecule has 3 N–H and O–H groups in total. The van der Waals surface area contributed by atoms with Gasteiger partial charge in [0.1, 0.15) is 0 Å². The fraction of sp³-hybridized carbons (Fsp3) is 0.714. The maximum Gasteiger partial charge on any atom is 0.220 e. The molecule has 4 heteroatoms. The van der Waals surface area contributed by atoms with Crippen molar-refractivity contribution >= 4 is 5.91 Å². The van der Waals surface area contributed by atoms with Crippen molar-refractivity contribution in [2.75, 3.05) is 13.2 Å². The molecule has 0 rings (SSSR count). The molecule has 0 aromatic carbocycles. The van der Waals surface area contributed by atoms with Crippen LogP contribution in [0.2, 0.25) is 0 Å². The lowest BCUT2D eigenvalue weighted by Crippen LogP contribution is -2.51. The van der Waals surface area contributed by atoms with E-state index in [9.17, 15) is 4.79 Å². The molecule has 0 aromatic rings. The molecule has 0 spiro atoms. The lowest BCUT2D eigenvalue weighted by atomic mass is 10.1. The summed E-state index contributed by atoms with van der Waals surface area (Å²) in [6, 6.07) is 0. The largest absolute Gasteiger partial charge is 0.394 e. The Bertz CT molecular complexity index is 132. The van der Waals surface area contributed by atoms with Crippen LogP contribution in [0.15, 0.2) is 0 Å². The number of aliphatic hydroxyl groups is 2. The Morgan fingerprint density at radius 1 is 1.55 bits per heavy atom. The third-order valence-corrected chi connectivity index (χ3v) is 1.32. The van der Waals surface area contributed by atoms with E-state index in [0.29, 0.717) is 0 Å². The molecule has 0 aliphatic rings. The molecule has 0 saturated heterocycles. The average Bonchev–Trinajstić information content (AvgIpc) is 2.04. The van der Waals surface area contributed by atoms with E-state index >= 15 is 0 Å². The van der Waals surface area contributed by atoms with Gasteiger partial charge in [0.15, 0.2) is 0 Å². The summed E-state index contributed by atoms with van der Waals surface area (Å²) in [7, 11) is 0. The third-order valence-electron chi connectivity index (χ3n) is 1.32. The first-order chi connectivity index (χ1) is 5.08. The predicted molar refractivity (Wildman–Crippen MR) is 39.6 cm³/mol. The van der Waals surface area contributed by atoms with E-state index in [4.69, 9.17) is 17.1 Å². The van der Waals surface area contributed by atoms with E-state index in [-0.39, 0.29) is 19.6 Å². The van der Waals surface area contributed by atoms with Crippen LogP contribution in [0.5, 0.6) is 0 Å². The second-order valence-corrected chi connectivity index (χ2v) is 2.63. The van der Waals surface area contributed by atoms with Gasteiger partial charge in [-0.15, -0.1) is 0 Å². The summed E-state index contributed by atoms with van der Waals surface area (Å²) in [5, 5.41) is 19.8. The summed E-state index contributed by atoms with van der Waals surface area (Å²) >= 11 is 0. The minimum Gasteiger partial charge on any atom is -0.394 e. The fourth-order valence-corrected chi connectivity index (χ4v) is 0.517. The van der Waals surface area contributed by atoms with Crippen LogP contribution in [0, 0.1) is 6.92 Å². The van der Waals surface area contributed by atoms with E-state index in [2.05, 4.69) is 5.32 Å². The third kappa shape index (κ3) is 3.34. The van der Waals surface area contributed by atoms with Crippen LogP contribution in [0.1, 0.15) is 13.3 Å². The standard InChI is InChI=1S/C7H13NO3/c1-3-6(11)8-7(2,4-9)5-10/h1,9-10H,3-5H2,2H3,(H,8,11).